The Hall–Kier alpha value is -2.33. The number of nitrogens with zero attached hydrogens (tertiary/aromatic N) is 1. The first kappa shape index (κ1) is 21.9. The highest BCUT2D eigenvalue weighted by molar-refractivity contribution is 5.94. The number of fused-ring (bicyclic) bond motifs is 3. The number of rotatable bonds is 3. The Bertz CT molecular complexity index is 889. The summed E-state index contributed by atoms with van der Waals surface area (Å²) >= 11 is 0. The molecule has 0 saturated heterocycles. The molecule has 1 saturated carbocycles. The second-order valence-electron chi connectivity index (χ2n) is 9.41. The van der Waals surface area contributed by atoms with Crippen LogP contribution in [0.25, 0.3) is 0 Å². The number of carbonyl (C=O) groups excluding carboxylic acids is 1. The number of benzene rings is 2. The van der Waals surface area contributed by atoms with Crippen molar-refractivity contribution < 1.29 is 9.53 Å². The molecule has 166 valence electrons. The molecular weight excluding hydrogens is 384 g/mol. The van der Waals surface area contributed by atoms with Crippen molar-refractivity contribution in [2.45, 2.75) is 77.4 Å². The van der Waals surface area contributed by atoms with Crippen LogP contribution in [0.4, 0.5) is 0 Å². The minimum absolute atomic E-state index is 0.0258. The van der Waals surface area contributed by atoms with Gasteiger partial charge in [0.1, 0.15) is 5.75 Å². The zero-order valence-corrected chi connectivity index (χ0v) is 19.0. The fourth-order valence-electron chi connectivity index (χ4n) is 4.56. The summed E-state index contributed by atoms with van der Waals surface area (Å²) in [4.78, 5) is 15.2. The first-order valence-electron chi connectivity index (χ1n) is 12.0. The van der Waals surface area contributed by atoms with E-state index < -0.39 is 0 Å². The molecule has 0 atom stereocenters. The van der Waals surface area contributed by atoms with Crippen molar-refractivity contribution in [2.75, 3.05) is 13.2 Å². The Morgan fingerprint density at radius 2 is 1.87 bits per heavy atom. The molecule has 1 fully saturated rings. The van der Waals surface area contributed by atoms with Crippen LogP contribution in [0.15, 0.2) is 42.5 Å². The molecule has 4 heteroatoms. The van der Waals surface area contributed by atoms with Crippen LogP contribution in [0.1, 0.15) is 79.4 Å². The van der Waals surface area contributed by atoms with Gasteiger partial charge in [0.25, 0.3) is 5.91 Å². The second-order valence-corrected chi connectivity index (χ2v) is 9.41. The summed E-state index contributed by atoms with van der Waals surface area (Å²) < 4.78 is 6.18. The van der Waals surface area contributed by atoms with E-state index in [0.717, 1.165) is 43.3 Å². The molecule has 1 heterocycles. The minimum atomic E-state index is -0.0258. The molecule has 31 heavy (non-hydrogen) atoms. The first-order chi connectivity index (χ1) is 15.1. The number of ether oxygens (including phenoxy) is 1. The summed E-state index contributed by atoms with van der Waals surface area (Å²) in [5.74, 6) is 0.877. The van der Waals surface area contributed by atoms with Crippen molar-refractivity contribution in [3.63, 3.8) is 0 Å². The molecule has 0 spiro atoms. The summed E-state index contributed by atoms with van der Waals surface area (Å²) in [6.45, 7) is 6.92. The van der Waals surface area contributed by atoms with Gasteiger partial charge in [0.05, 0.1) is 6.61 Å². The maximum absolute atomic E-state index is 12.6. The van der Waals surface area contributed by atoms with Gasteiger partial charge >= 0.3 is 0 Å². The van der Waals surface area contributed by atoms with Crippen LogP contribution >= 0.6 is 0 Å². The van der Waals surface area contributed by atoms with Gasteiger partial charge in [-0.2, -0.15) is 0 Å². The zero-order valence-electron chi connectivity index (χ0n) is 19.0. The summed E-state index contributed by atoms with van der Waals surface area (Å²) in [7, 11) is 0. The summed E-state index contributed by atoms with van der Waals surface area (Å²) in [5.41, 5.74) is 4.44. The van der Waals surface area contributed by atoms with Crippen LogP contribution in [0.2, 0.25) is 0 Å². The van der Waals surface area contributed by atoms with Gasteiger partial charge in [-0.15, -0.1) is 0 Å². The number of hydrogen-bond donors (Lipinski definition) is 1. The van der Waals surface area contributed by atoms with Gasteiger partial charge in [-0.3, -0.25) is 9.69 Å². The molecule has 2 aromatic carbocycles. The maximum atomic E-state index is 12.6. The van der Waals surface area contributed by atoms with E-state index in [9.17, 15) is 4.79 Å². The molecule has 1 N–H and O–H groups in total. The molecule has 2 aliphatic rings. The lowest BCUT2D eigenvalue weighted by Gasteiger charge is -2.38. The normalized spacial score (nSPS) is 18.4. The SMILES string of the molecule is CC(C)NC(=O)c1ccc2c(c1)Cc1cccc(c1)CN(C1CCC1)CCCCCO2. The molecule has 4 rings (SSSR count). The summed E-state index contributed by atoms with van der Waals surface area (Å²) in [6.07, 6.45) is 8.32. The average molecular weight is 421 g/mol. The Labute approximate surface area is 187 Å². The lowest BCUT2D eigenvalue weighted by Crippen LogP contribution is -2.40. The topological polar surface area (TPSA) is 41.6 Å². The van der Waals surface area contributed by atoms with Crippen molar-refractivity contribution in [3.8, 4) is 5.75 Å². The van der Waals surface area contributed by atoms with E-state index in [2.05, 4.69) is 34.5 Å². The number of nitrogens with one attached hydrogen (secondary N) is 1. The van der Waals surface area contributed by atoms with Gasteiger partial charge in [-0.25, -0.2) is 0 Å². The lowest BCUT2D eigenvalue weighted by molar-refractivity contribution is 0.0943. The van der Waals surface area contributed by atoms with Gasteiger partial charge in [-0.05, 0) is 87.4 Å². The Balaban J connectivity index is 1.60. The molecule has 0 unspecified atom stereocenters. The molecular formula is C27H36N2O2. The van der Waals surface area contributed by atoms with Crippen LogP contribution in [0.5, 0.6) is 5.75 Å². The first-order valence-corrected chi connectivity index (χ1v) is 12.0. The van der Waals surface area contributed by atoms with Crippen LogP contribution < -0.4 is 10.1 Å². The fourth-order valence-corrected chi connectivity index (χ4v) is 4.56. The lowest BCUT2D eigenvalue weighted by atomic mass is 9.90. The third kappa shape index (κ3) is 5.88. The van der Waals surface area contributed by atoms with Gasteiger partial charge < -0.3 is 10.1 Å². The van der Waals surface area contributed by atoms with Crippen LogP contribution in [0.3, 0.4) is 0 Å². The van der Waals surface area contributed by atoms with Gasteiger partial charge in [0.2, 0.25) is 0 Å². The van der Waals surface area contributed by atoms with Crippen molar-refractivity contribution in [2.24, 2.45) is 0 Å². The number of amides is 1. The van der Waals surface area contributed by atoms with E-state index in [1.165, 1.54) is 49.8 Å². The molecule has 1 aliphatic carbocycles. The predicted molar refractivity (Wildman–Crippen MR) is 126 cm³/mol. The highest BCUT2D eigenvalue weighted by Gasteiger charge is 2.24. The summed E-state index contributed by atoms with van der Waals surface area (Å²) in [5, 5.41) is 3.00. The van der Waals surface area contributed by atoms with Crippen LogP contribution in [-0.4, -0.2) is 36.0 Å². The number of carbonyl (C=O) groups is 1. The van der Waals surface area contributed by atoms with Crippen LogP contribution in [-0.2, 0) is 13.0 Å². The van der Waals surface area contributed by atoms with Crippen molar-refractivity contribution in [1.29, 1.82) is 0 Å². The number of hydrogen-bond acceptors (Lipinski definition) is 3. The molecule has 1 amide bonds. The largest absolute Gasteiger partial charge is 0.493 e. The minimum Gasteiger partial charge on any atom is -0.493 e. The van der Waals surface area contributed by atoms with E-state index in [-0.39, 0.29) is 11.9 Å². The van der Waals surface area contributed by atoms with Gasteiger partial charge in [-0.1, -0.05) is 30.7 Å². The predicted octanol–water partition coefficient (Wildman–Crippen LogP) is 5.33. The van der Waals surface area contributed by atoms with E-state index >= 15 is 0 Å². The highest BCUT2D eigenvalue weighted by Crippen LogP contribution is 2.28. The standard InChI is InChI=1S/C27H36N2O2/c1-20(2)28-27(30)23-12-13-26-24(18-23)17-21-8-6-9-22(16-21)19-29(25-10-7-11-25)14-4-3-5-15-31-26/h6,8-9,12-13,16,18,20,25H,3-5,7,10-11,14-15,17,19H2,1-2H3,(H,28,30). The maximum Gasteiger partial charge on any atom is 0.251 e. The van der Waals surface area contributed by atoms with E-state index in [4.69, 9.17) is 4.74 Å². The zero-order chi connectivity index (χ0) is 21.6. The monoisotopic (exact) mass is 420 g/mol. The molecule has 4 nitrogen and oxygen atoms in total. The van der Waals surface area contributed by atoms with Crippen LogP contribution in [0, 0.1) is 0 Å². The Morgan fingerprint density at radius 3 is 2.65 bits per heavy atom. The van der Waals surface area contributed by atoms with Gasteiger partial charge in [0, 0.05) is 30.6 Å². The average Bonchev–Trinajstić information content (AvgIpc) is 2.69. The quantitative estimate of drug-likeness (QED) is 0.729. The van der Waals surface area contributed by atoms with E-state index in [1.54, 1.807) is 0 Å². The second kappa shape index (κ2) is 10.3. The fraction of sp³-hybridized carbons (Fsp3) is 0.519. The third-order valence-electron chi connectivity index (χ3n) is 6.45. The molecule has 2 aromatic rings. The molecule has 0 aromatic heterocycles. The van der Waals surface area contributed by atoms with Gasteiger partial charge in [0.15, 0.2) is 0 Å². The van der Waals surface area contributed by atoms with Crippen molar-refractivity contribution >= 4 is 5.91 Å². The van der Waals surface area contributed by atoms with Crippen molar-refractivity contribution in [3.05, 3.63) is 64.7 Å². The van der Waals surface area contributed by atoms with E-state index in [1.807, 2.05) is 32.0 Å². The van der Waals surface area contributed by atoms with E-state index in [0.29, 0.717) is 5.56 Å². The summed E-state index contributed by atoms with van der Waals surface area (Å²) in [6, 6.07) is 15.7. The molecule has 1 aliphatic heterocycles. The van der Waals surface area contributed by atoms with Crippen molar-refractivity contribution in [1.82, 2.24) is 10.2 Å². The smallest absolute Gasteiger partial charge is 0.251 e. The molecule has 0 radical (unpaired) electrons. The Morgan fingerprint density at radius 1 is 1.03 bits per heavy atom. The Kier molecular flexibility index (Phi) is 7.29. The third-order valence-corrected chi connectivity index (χ3v) is 6.45. The molecule has 2 bridgehead atoms. The highest BCUT2D eigenvalue weighted by atomic mass is 16.5.